The molecule has 0 radical (unpaired) electrons. The highest BCUT2D eigenvalue weighted by Crippen LogP contribution is 2.24. The van der Waals surface area contributed by atoms with Gasteiger partial charge in [0.2, 0.25) is 5.91 Å². The number of piperidine rings is 1. The van der Waals surface area contributed by atoms with Crippen LogP contribution in [-0.2, 0) is 9.53 Å². The lowest BCUT2D eigenvalue weighted by Crippen LogP contribution is -2.51. The lowest BCUT2D eigenvalue weighted by Gasteiger charge is -2.35. The molecule has 2 aliphatic heterocycles. The number of thioether (sulfide) groups is 1. The Morgan fingerprint density at radius 2 is 1.82 bits per heavy atom. The summed E-state index contributed by atoms with van der Waals surface area (Å²) in [6.07, 6.45) is 1.24. The molecular weight excluding hydrogens is 302 g/mol. The summed E-state index contributed by atoms with van der Waals surface area (Å²) in [5, 5.41) is 0. The number of nitrogens with two attached hydrogens (primary N) is 1. The smallest absolute Gasteiger partial charge is 0.410 e. The van der Waals surface area contributed by atoms with Crippen molar-refractivity contribution in [1.29, 1.82) is 0 Å². The van der Waals surface area contributed by atoms with Crippen molar-refractivity contribution in [3.05, 3.63) is 0 Å². The summed E-state index contributed by atoms with van der Waals surface area (Å²) in [5.41, 5.74) is 5.68. The minimum atomic E-state index is -0.478. The van der Waals surface area contributed by atoms with Crippen LogP contribution >= 0.6 is 11.8 Å². The van der Waals surface area contributed by atoms with Crippen molar-refractivity contribution in [2.45, 2.75) is 45.3 Å². The molecule has 6 nitrogen and oxygen atoms in total. The number of rotatable bonds is 2. The Bertz CT molecular complexity index is 411. The molecule has 0 bridgehead atoms. The summed E-state index contributed by atoms with van der Waals surface area (Å²) in [5.74, 6) is 1.95. The molecule has 0 saturated carbocycles. The zero-order valence-electron chi connectivity index (χ0n) is 13.7. The maximum absolute atomic E-state index is 12.3. The van der Waals surface area contributed by atoms with Crippen LogP contribution in [-0.4, -0.2) is 64.7 Å². The van der Waals surface area contributed by atoms with E-state index in [1.807, 2.05) is 25.7 Å². The second-order valence-electron chi connectivity index (χ2n) is 6.97. The van der Waals surface area contributed by atoms with Gasteiger partial charge in [0.05, 0.1) is 11.9 Å². The van der Waals surface area contributed by atoms with Crippen LogP contribution in [0.15, 0.2) is 0 Å². The average Bonchev–Trinajstić information content (AvgIpc) is 2.98. The molecule has 2 N–H and O–H groups in total. The number of likely N-dealkylation sites (tertiary alicyclic amines) is 1. The molecule has 0 aromatic carbocycles. The van der Waals surface area contributed by atoms with Crippen molar-refractivity contribution in [3.63, 3.8) is 0 Å². The summed E-state index contributed by atoms with van der Waals surface area (Å²) in [4.78, 5) is 27.9. The molecule has 0 unspecified atom stereocenters. The second kappa shape index (κ2) is 7.08. The summed E-state index contributed by atoms with van der Waals surface area (Å²) in [6.45, 7) is 7.60. The van der Waals surface area contributed by atoms with Crippen molar-refractivity contribution in [2.24, 2.45) is 11.7 Å². The maximum Gasteiger partial charge on any atom is 0.410 e. The van der Waals surface area contributed by atoms with Gasteiger partial charge in [-0.05, 0) is 39.5 Å². The van der Waals surface area contributed by atoms with Gasteiger partial charge in [-0.1, -0.05) is 0 Å². The lowest BCUT2D eigenvalue weighted by molar-refractivity contribution is -0.132. The van der Waals surface area contributed by atoms with Gasteiger partial charge in [-0.2, -0.15) is 0 Å². The fraction of sp³-hybridized carbons (Fsp3) is 0.867. The van der Waals surface area contributed by atoms with E-state index >= 15 is 0 Å². The molecule has 2 saturated heterocycles. The minimum Gasteiger partial charge on any atom is -0.444 e. The van der Waals surface area contributed by atoms with Gasteiger partial charge >= 0.3 is 6.09 Å². The van der Waals surface area contributed by atoms with Crippen LogP contribution in [0.1, 0.15) is 33.6 Å². The molecule has 0 aliphatic carbocycles. The van der Waals surface area contributed by atoms with Gasteiger partial charge in [-0.15, -0.1) is 11.8 Å². The molecule has 0 aromatic rings. The van der Waals surface area contributed by atoms with E-state index < -0.39 is 11.6 Å². The molecule has 22 heavy (non-hydrogen) atoms. The average molecular weight is 329 g/mol. The van der Waals surface area contributed by atoms with Crippen molar-refractivity contribution in [3.8, 4) is 0 Å². The molecule has 2 amide bonds. The first-order valence-corrected chi connectivity index (χ1v) is 9.03. The highest BCUT2D eigenvalue weighted by molar-refractivity contribution is 7.99. The van der Waals surface area contributed by atoms with Gasteiger partial charge in [-0.3, -0.25) is 4.79 Å². The van der Waals surface area contributed by atoms with E-state index in [-0.39, 0.29) is 17.9 Å². The van der Waals surface area contributed by atoms with E-state index in [9.17, 15) is 9.59 Å². The third-order valence-corrected chi connectivity index (χ3v) is 5.01. The Labute approximate surface area is 136 Å². The molecule has 0 spiro atoms. The summed E-state index contributed by atoms with van der Waals surface area (Å²) < 4.78 is 5.38. The Balaban J connectivity index is 1.81. The highest BCUT2D eigenvalue weighted by Gasteiger charge is 2.34. The number of nitrogens with zero attached hydrogens (tertiary/aromatic N) is 2. The van der Waals surface area contributed by atoms with E-state index in [0.29, 0.717) is 13.1 Å². The van der Waals surface area contributed by atoms with Crippen LogP contribution in [0.25, 0.3) is 0 Å². The third kappa shape index (κ3) is 4.52. The van der Waals surface area contributed by atoms with E-state index in [0.717, 1.165) is 31.0 Å². The Hall–Kier alpha value is -0.950. The first kappa shape index (κ1) is 17.4. The fourth-order valence-corrected chi connectivity index (χ4v) is 3.72. The number of carbonyl (C=O) groups is 2. The molecular formula is C15H27N3O3S. The van der Waals surface area contributed by atoms with Gasteiger partial charge in [0, 0.05) is 25.4 Å². The summed E-state index contributed by atoms with van der Waals surface area (Å²) in [6, 6.07) is -0.445. The summed E-state index contributed by atoms with van der Waals surface area (Å²) >= 11 is 1.76. The predicted octanol–water partition coefficient (Wildman–Crippen LogP) is 1.49. The number of hydrogen-bond donors (Lipinski definition) is 1. The zero-order chi connectivity index (χ0) is 16.3. The highest BCUT2D eigenvalue weighted by atomic mass is 32.2. The standard InChI is InChI=1S/C15H27N3O3S/c1-15(2,3)21-14(20)17-6-4-11(5-7-17)12(16)13(19)18-8-9-22-10-18/h11-12H,4-10,16H2,1-3H3/t12-/m0/s1. The van der Waals surface area contributed by atoms with Gasteiger partial charge in [0.1, 0.15) is 5.60 Å². The SMILES string of the molecule is CC(C)(C)OC(=O)N1CCC([C@H](N)C(=O)N2CCSC2)CC1. The number of amides is 2. The Morgan fingerprint density at radius 3 is 2.32 bits per heavy atom. The molecule has 0 aromatic heterocycles. The number of carbonyl (C=O) groups excluding carboxylic acids is 2. The minimum absolute atomic E-state index is 0.0562. The quantitative estimate of drug-likeness (QED) is 0.831. The van der Waals surface area contributed by atoms with Crippen molar-refractivity contribution in [1.82, 2.24) is 9.80 Å². The van der Waals surface area contributed by atoms with E-state index in [1.54, 1.807) is 16.7 Å². The van der Waals surface area contributed by atoms with Gasteiger partial charge in [0.15, 0.2) is 0 Å². The summed E-state index contributed by atoms with van der Waals surface area (Å²) in [7, 11) is 0. The monoisotopic (exact) mass is 329 g/mol. The van der Waals surface area contributed by atoms with Gasteiger partial charge < -0.3 is 20.3 Å². The maximum atomic E-state index is 12.3. The Kier molecular flexibility index (Phi) is 5.60. The largest absolute Gasteiger partial charge is 0.444 e. The number of hydrogen-bond acceptors (Lipinski definition) is 5. The predicted molar refractivity (Wildman–Crippen MR) is 87.5 cm³/mol. The second-order valence-corrected chi connectivity index (χ2v) is 8.04. The van der Waals surface area contributed by atoms with Crippen molar-refractivity contribution < 1.29 is 14.3 Å². The first-order chi connectivity index (χ1) is 10.3. The van der Waals surface area contributed by atoms with E-state index in [4.69, 9.17) is 10.5 Å². The van der Waals surface area contributed by atoms with Gasteiger partial charge in [-0.25, -0.2) is 4.79 Å². The van der Waals surface area contributed by atoms with E-state index in [1.165, 1.54) is 0 Å². The van der Waals surface area contributed by atoms with Crippen LogP contribution in [0.4, 0.5) is 4.79 Å². The van der Waals surface area contributed by atoms with E-state index in [2.05, 4.69) is 0 Å². The molecule has 2 aliphatic rings. The molecule has 2 fully saturated rings. The fourth-order valence-electron chi connectivity index (χ4n) is 2.77. The van der Waals surface area contributed by atoms with Crippen LogP contribution < -0.4 is 5.73 Å². The Morgan fingerprint density at radius 1 is 1.18 bits per heavy atom. The topological polar surface area (TPSA) is 75.9 Å². The molecule has 2 rings (SSSR count). The molecule has 7 heteroatoms. The lowest BCUT2D eigenvalue weighted by atomic mass is 9.89. The molecule has 2 heterocycles. The number of ether oxygens (including phenoxy) is 1. The van der Waals surface area contributed by atoms with Crippen molar-refractivity contribution >= 4 is 23.8 Å². The molecule has 1 atom stereocenters. The van der Waals surface area contributed by atoms with Gasteiger partial charge in [0.25, 0.3) is 0 Å². The zero-order valence-corrected chi connectivity index (χ0v) is 14.5. The van der Waals surface area contributed by atoms with Crippen LogP contribution in [0.3, 0.4) is 0 Å². The van der Waals surface area contributed by atoms with Crippen LogP contribution in [0.2, 0.25) is 0 Å². The van der Waals surface area contributed by atoms with Crippen LogP contribution in [0.5, 0.6) is 0 Å². The normalized spacial score (nSPS) is 21.8. The third-order valence-electron chi connectivity index (χ3n) is 4.05. The van der Waals surface area contributed by atoms with Crippen LogP contribution in [0, 0.1) is 5.92 Å². The molecule has 126 valence electrons. The first-order valence-electron chi connectivity index (χ1n) is 7.88. The van der Waals surface area contributed by atoms with Crippen molar-refractivity contribution in [2.75, 3.05) is 31.3 Å².